The van der Waals surface area contributed by atoms with Crippen LogP contribution in [0.2, 0.25) is 0 Å². The van der Waals surface area contributed by atoms with E-state index in [-0.39, 0.29) is 5.54 Å². The van der Waals surface area contributed by atoms with Crippen molar-refractivity contribution in [3.05, 3.63) is 0 Å². The molecule has 0 saturated carbocycles. The van der Waals surface area contributed by atoms with Crippen molar-refractivity contribution < 1.29 is 0 Å². The summed E-state index contributed by atoms with van der Waals surface area (Å²) < 4.78 is 0. The normalized spacial score (nSPS) is 12.5. The van der Waals surface area contributed by atoms with Crippen LogP contribution in [0.3, 0.4) is 0 Å². The molecule has 2 heteroatoms. The first-order chi connectivity index (χ1) is 5.49. The fraction of sp³-hybridized carbons (Fsp3) is 1.00. The molecule has 0 aromatic carbocycles. The van der Waals surface area contributed by atoms with Crippen LogP contribution in [-0.2, 0) is 0 Å². The number of hydrogen-bond acceptors (Lipinski definition) is 2. The third kappa shape index (κ3) is 6.62. The Labute approximate surface area is 76.9 Å². The Morgan fingerprint density at radius 1 is 1.25 bits per heavy atom. The van der Waals surface area contributed by atoms with Crippen molar-refractivity contribution >= 4 is 0 Å². The van der Waals surface area contributed by atoms with Gasteiger partial charge in [-0.15, -0.1) is 0 Å². The molecule has 0 aromatic rings. The average molecular weight is 172 g/mol. The molecule has 0 aliphatic heterocycles. The first-order valence-corrected chi connectivity index (χ1v) is 4.99. The molecule has 0 bridgehead atoms. The maximum Gasteiger partial charge on any atom is 0.0223 e. The van der Waals surface area contributed by atoms with Gasteiger partial charge in [-0.1, -0.05) is 26.7 Å². The van der Waals surface area contributed by atoms with E-state index in [0.29, 0.717) is 0 Å². The lowest BCUT2D eigenvalue weighted by molar-refractivity contribution is 0.403. The van der Waals surface area contributed by atoms with Crippen molar-refractivity contribution in [3.63, 3.8) is 0 Å². The molecular weight excluding hydrogens is 148 g/mol. The lowest BCUT2D eigenvalue weighted by Gasteiger charge is -2.21. The Hall–Kier alpha value is -0.0800. The zero-order valence-electron chi connectivity index (χ0n) is 8.98. The summed E-state index contributed by atoms with van der Waals surface area (Å²) in [6.07, 6.45) is 2.52. The Balaban J connectivity index is 3.41. The molecule has 0 aromatic heterocycles. The van der Waals surface area contributed by atoms with Gasteiger partial charge in [-0.2, -0.15) is 0 Å². The minimum absolute atomic E-state index is 0.0773. The minimum Gasteiger partial charge on any atom is -0.324 e. The van der Waals surface area contributed by atoms with Crippen LogP contribution in [0, 0.1) is 5.92 Å². The second kappa shape index (κ2) is 5.55. The van der Waals surface area contributed by atoms with Crippen molar-refractivity contribution in [1.29, 1.82) is 0 Å². The predicted octanol–water partition coefficient (Wildman–Crippen LogP) is 1.75. The summed E-state index contributed by atoms with van der Waals surface area (Å²) in [6, 6.07) is 0. The van der Waals surface area contributed by atoms with E-state index in [2.05, 4.69) is 19.2 Å². The summed E-state index contributed by atoms with van der Waals surface area (Å²) in [7, 11) is 0. The Morgan fingerprint density at radius 3 is 2.08 bits per heavy atom. The molecule has 0 rings (SSSR count). The van der Waals surface area contributed by atoms with E-state index in [1.54, 1.807) is 0 Å². The van der Waals surface area contributed by atoms with E-state index < -0.39 is 0 Å². The summed E-state index contributed by atoms with van der Waals surface area (Å²) in [5, 5.41) is 3.40. The SMILES string of the molecule is CCC(CC)CNCC(C)(C)N. The van der Waals surface area contributed by atoms with E-state index in [1.165, 1.54) is 12.8 Å². The molecule has 0 fully saturated rings. The summed E-state index contributed by atoms with van der Waals surface area (Å²) in [5.41, 5.74) is 5.76. The largest absolute Gasteiger partial charge is 0.324 e. The van der Waals surface area contributed by atoms with Crippen LogP contribution in [-0.4, -0.2) is 18.6 Å². The number of nitrogens with two attached hydrogens (primary N) is 1. The number of nitrogens with one attached hydrogen (secondary N) is 1. The maximum atomic E-state index is 5.84. The quantitative estimate of drug-likeness (QED) is 0.640. The van der Waals surface area contributed by atoms with Gasteiger partial charge in [0.1, 0.15) is 0 Å². The highest BCUT2D eigenvalue weighted by Crippen LogP contribution is 2.05. The van der Waals surface area contributed by atoms with Gasteiger partial charge in [-0.05, 0) is 26.3 Å². The highest BCUT2D eigenvalue weighted by Gasteiger charge is 2.10. The standard InChI is InChI=1S/C10H24N2/c1-5-9(6-2)7-12-8-10(3,4)11/h9,12H,5-8,11H2,1-4H3. The van der Waals surface area contributed by atoms with Gasteiger partial charge in [0.15, 0.2) is 0 Å². The van der Waals surface area contributed by atoms with Crippen LogP contribution in [0.4, 0.5) is 0 Å². The molecule has 0 heterocycles. The van der Waals surface area contributed by atoms with Crippen molar-refractivity contribution in [1.82, 2.24) is 5.32 Å². The Bertz CT molecular complexity index is 101. The number of hydrogen-bond donors (Lipinski definition) is 2. The lowest BCUT2D eigenvalue weighted by Crippen LogP contribution is -2.44. The average Bonchev–Trinajstić information content (AvgIpc) is 1.96. The molecule has 3 N–H and O–H groups in total. The first-order valence-electron chi connectivity index (χ1n) is 4.99. The second-order valence-electron chi connectivity index (χ2n) is 4.30. The summed E-state index contributed by atoms with van der Waals surface area (Å²) in [4.78, 5) is 0. The van der Waals surface area contributed by atoms with Gasteiger partial charge in [-0.25, -0.2) is 0 Å². The lowest BCUT2D eigenvalue weighted by atomic mass is 10.0. The molecule has 74 valence electrons. The van der Waals surface area contributed by atoms with Gasteiger partial charge < -0.3 is 11.1 Å². The van der Waals surface area contributed by atoms with Crippen molar-refractivity contribution in [2.75, 3.05) is 13.1 Å². The Kier molecular flexibility index (Phi) is 5.51. The van der Waals surface area contributed by atoms with E-state index in [1.807, 2.05) is 13.8 Å². The second-order valence-corrected chi connectivity index (χ2v) is 4.30. The molecule has 12 heavy (non-hydrogen) atoms. The van der Waals surface area contributed by atoms with Gasteiger partial charge >= 0.3 is 0 Å². The van der Waals surface area contributed by atoms with Crippen molar-refractivity contribution in [2.24, 2.45) is 11.7 Å². The summed E-state index contributed by atoms with van der Waals surface area (Å²) in [6.45, 7) is 10.6. The predicted molar refractivity (Wildman–Crippen MR) is 55.2 cm³/mol. The maximum absolute atomic E-state index is 5.84. The fourth-order valence-corrected chi connectivity index (χ4v) is 1.18. The zero-order valence-corrected chi connectivity index (χ0v) is 8.98. The third-order valence-corrected chi connectivity index (χ3v) is 2.17. The van der Waals surface area contributed by atoms with E-state index in [9.17, 15) is 0 Å². The summed E-state index contributed by atoms with van der Waals surface area (Å²) >= 11 is 0. The smallest absolute Gasteiger partial charge is 0.0223 e. The monoisotopic (exact) mass is 172 g/mol. The molecule has 0 saturated heterocycles. The van der Waals surface area contributed by atoms with Gasteiger partial charge in [0.25, 0.3) is 0 Å². The molecular formula is C10H24N2. The van der Waals surface area contributed by atoms with Gasteiger partial charge in [-0.3, -0.25) is 0 Å². The molecule has 0 radical (unpaired) electrons. The van der Waals surface area contributed by atoms with Crippen LogP contribution < -0.4 is 11.1 Å². The zero-order chi connectivity index (χ0) is 9.61. The van der Waals surface area contributed by atoms with Gasteiger partial charge in [0.2, 0.25) is 0 Å². The highest BCUT2D eigenvalue weighted by atomic mass is 14.9. The van der Waals surface area contributed by atoms with Gasteiger partial charge in [0, 0.05) is 12.1 Å². The molecule has 0 amide bonds. The van der Waals surface area contributed by atoms with E-state index >= 15 is 0 Å². The molecule has 0 aliphatic carbocycles. The van der Waals surface area contributed by atoms with Crippen LogP contribution in [0.5, 0.6) is 0 Å². The van der Waals surface area contributed by atoms with Crippen LogP contribution in [0.25, 0.3) is 0 Å². The van der Waals surface area contributed by atoms with Crippen LogP contribution in [0.15, 0.2) is 0 Å². The van der Waals surface area contributed by atoms with E-state index in [0.717, 1.165) is 19.0 Å². The highest BCUT2D eigenvalue weighted by molar-refractivity contribution is 4.75. The Morgan fingerprint density at radius 2 is 1.75 bits per heavy atom. The minimum atomic E-state index is -0.0773. The molecule has 0 aliphatic rings. The van der Waals surface area contributed by atoms with Gasteiger partial charge in [0.05, 0.1) is 0 Å². The van der Waals surface area contributed by atoms with Crippen molar-refractivity contribution in [2.45, 2.75) is 46.1 Å². The van der Waals surface area contributed by atoms with Crippen molar-refractivity contribution in [3.8, 4) is 0 Å². The topological polar surface area (TPSA) is 38.0 Å². The molecule has 0 unspecified atom stereocenters. The molecule has 0 atom stereocenters. The first kappa shape index (κ1) is 11.9. The van der Waals surface area contributed by atoms with Crippen LogP contribution >= 0.6 is 0 Å². The summed E-state index contributed by atoms with van der Waals surface area (Å²) in [5.74, 6) is 0.812. The number of rotatable bonds is 6. The fourth-order valence-electron chi connectivity index (χ4n) is 1.18. The van der Waals surface area contributed by atoms with E-state index in [4.69, 9.17) is 5.73 Å². The third-order valence-electron chi connectivity index (χ3n) is 2.17. The van der Waals surface area contributed by atoms with Crippen LogP contribution in [0.1, 0.15) is 40.5 Å². The molecule has 2 nitrogen and oxygen atoms in total. The molecule has 0 spiro atoms.